The summed E-state index contributed by atoms with van der Waals surface area (Å²) >= 11 is 9.79. The zero-order chi connectivity index (χ0) is 14.8. The Morgan fingerprint density at radius 3 is 1.95 bits per heavy atom. The second-order valence-electron chi connectivity index (χ2n) is 3.91. The highest BCUT2D eigenvalue weighted by Gasteiger charge is 2.08. The summed E-state index contributed by atoms with van der Waals surface area (Å²) in [6.45, 7) is 0. The van der Waals surface area contributed by atoms with Crippen molar-refractivity contribution in [3.05, 3.63) is 71.3 Å². The molecule has 0 bridgehead atoms. The lowest BCUT2D eigenvalue weighted by Gasteiger charge is -2.02. The SMILES string of the molecule is BrCCBr.O=C(c1ccccc1)c1cccc(CBr)c1. The first-order valence-corrected chi connectivity index (χ1v) is 9.46. The number of halogens is 3. The van der Waals surface area contributed by atoms with Gasteiger partial charge in [-0.25, -0.2) is 0 Å². The largest absolute Gasteiger partial charge is 0.289 e. The van der Waals surface area contributed by atoms with Gasteiger partial charge in [0.15, 0.2) is 5.78 Å². The quantitative estimate of drug-likeness (QED) is 0.427. The monoisotopic (exact) mass is 460 g/mol. The summed E-state index contributed by atoms with van der Waals surface area (Å²) in [7, 11) is 0. The molecule has 0 aliphatic carbocycles. The van der Waals surface area contributed by atoms with E-state index >= 15 is 0 Å². The van der Waals surface area contributed by atoms with Crippen molar-refractivity contribution in [1.82, 2.24) is 0 Å². The first-order valence-electron chi connectivity index (χ1n) is 6.09. The van der Waals surface area contributed by atoms with Crippen LogP contribution in [0.2, 0.25) is 0 Å². The van der Waals surface area contributed by atoms with Crippen molar-refractivity contribution in [2.24, 2.45) is 0 Å². The van der Waals surface area contributed by atoms with Gasteiger partial charge in [0.05, 0.1) is 0 Å². The number of hydrogen-bond donors (Lipinski definition) is 0. The molecule has 2 rings (SSSR count). The minimum absolute atomic E-state index is 0.0726. The van der Waals surface area contributed by atoms with E-state index in [0.29, 0.717) is 0 Å². The highest BCUT2D eigenvalue weighted by Crippen LogP contribution is 2.13. The van der Waals surface area contributed by atoms with Gasteiger partial charge in [-0.15, -0.1) is 0 Å². The summed E-state index contributed by atoms with van der Waals surface area (Å²) in [5, 5.41) is 2.86. The second kappa shape index (κ2) is 10.3. The molecule has 106 valence electrons. The Kier molecular flexibility index (Phi) is 9.07. The Hall–Kier alpha value is -0.450. The lowest BCUT2D eigenvalue weighted by atomic mass is 10.0. The van der Waals surface area contributed by atoms with Gasteiger partial charge >= 0.3 is 0 Å². The van der Waals surface area contributed by atoms with Crippen LogP contribution in [0, 0.1) is 0 Å². The van der Waals surface area contributed by atoms with Gasteiger partial charge in [0.2, 0.25) is 0 Å². The fourth-order valence-electron chi connectivity index (χ4n) is 1.55. The van der Waals surface area contributed by atoms with Crippen LogP contribution in [0.4, 0.5) is 0 Å². The predicted molar refractivity (Wildman–Crippen MR) is 96.5 cm³/mol. The molecule has 2 aromatic rings. The Morgan fingerprint density at radius 1 is 0.800 bits per heavy atom. The third-order valence-corrected chi connectivity index (χ3v) is 4.96. The fraction of sp³-hybridized carbons (Fsp3) is 0.188. The molecule has 0 aliphatic rings. The molecule has 4 heteroatoms. The van der Waals surface area contributed by atoms with Gasteiger partial charge in [-0.3, -0.25) is 4.79 Å². The minimum Gasteiger partial charge on any atom is -0.289 e. The van der Waals surface area contributed by atoms with E-state index in [1.54, 1.807) is 0 Å². The van der Waals surface area contributed by atoms with E-state index in [4.69, 9.17) is 0 Å². The molecule has 2 aromatic carbocycles. The van der Waals surface area contributed by atoms with E-state index < -0.39 is 0 Å². The molecule has 1 nitrogen and oxygen atoms in total. The summed E-state index contributed by atoms with van der Waals surface area (Å²) in [5.74, 6) is 0.0726. The number of carbonyl (C=O) groups excluding carboxylic acids is 1. The predicted octanol–water partition coefficient (Wildman–Crippen LogP) is 5.59. The van der Waals surface area contributed by atoms with E-state index in [1.807, 2.05) is 54.6 Å². The van der Waals surface area contributed by atoms with Gasteiger partial charge in [-0.1, -0.05) is 96.3 Å². The topological polar surface area (TPSA) is 17.1 Å². The van der Waals surface area contributed by atoms with E-state index in [2.05, 4.69) is 47.8 Å². The number of carbonyl (C=O) groups is 1. The standard InChI is InChI=1S/C14H11BrO.C2H4Br2/c15-10-11-5-4-8-13(9-11)14(16)12-6-2-1-3-7-12;3-1-2-4/h1-9H,10H2;1-2H2. The first kappa shape index (κ1) is 17.6. The molecule has 0 aromatic heterocycles. The van der Waals surface area contributed by atoms with Gasteiger partial charge < -0.3 is 0 Å². The zero-order valence-electron chi connectivity index (χ0n) is 10.9. The number of hydrogen-bond acceptors (Lipinski definition) is 1. The fourth-order valence-corrected chi connectivity index (χ4v) is 1.90. The van der Waals surface area contributed by atoms with Crippen LogP contribution in [0.3, 0.4) is 0 Å². The van der Waals surface area contributed by atoms with Crippen LogP contribution >= 0.6 is 47.8 Å². The van der Waals surface area contributed by atoms with E-state index in [1.165, 1.54) is 0 Å². The van der Waals surface area contributed by atoms with E-state index in [-0.39, 0.29) is 5.78 Å². The third kappa shape index (κ3) is 5.90. The maximum atomic E-state index is 12.1. The minimum atomic E-state index is 0.0726. The molecule has 0 radical (unpaired) electrons. The average molecular weight is 463 g/mol. The van der Waals surface area contributed by atoms with Crippen molar-refractivity contribution in [2.45, 2.75) is 5.33 Å². The summed E-state index contributed by atoms with van der Waals surface area (Å²) in [4.78, 5) is 12.1. The third-order valence-electron chi connectivity index (χ3n) is 2.45. The molecule has 0 amide bonds. The van der Waals surface area contributed by atoms with Gasteiger partial charge in [0, 0.05) is 27.1 Å². The van der Waals surface area contributed by atoms with Gasteiger partial charge in [-0.2, -0.15) is 0 Å². The molecule has 0 saturated carbocycles. The molecule has 0 fully saturated rings. The average Bonchev–Trinajstić information content (AvgIpc) is 2.55. The molecular formula is C16H15Br3O. The smallest absolute Gasteiger partial charge is 0.193 e. The van der Waals surface area contributed by atoms with Crippen LogP contribution in [0.15, 0.2) is 54.6 Å². The number of rotatable bonds is 4. The van der Waals surface area contributed by atoms with Crippen LogP contribution in [-0.4, -0.2) is 16.4 Å². The molecule has 0 heterocycles. The van der Waals surface area contributed by atoms with Crippen molar-refractivity contribution < 1.29 is 4.79 Å². The van der Waals surface area contributed by atoms with Crippen LogP contribution in [0.25, 0.3) is 0 Å². The normalized spacial score (nSPS) is 9.55. The number of benzene rings is 2. The Balaban J connectivity index is 0.000000444. The van der Waals surface area contributed by atoms with Crippen LogP contribution in [-0.2, 0) is 5.33 Å². The molecule has 20 heavy (non-hydrogen) atoms. The van der Waals surface area contributed by atoms with Gasteiger partial charge in [-0.05, 0) is 11.6 Å². The van der Waals surface area contributed by atoms with E-state index in [0.717, 1.165) is 32.7 Å². The van der Waals surface area contributed by atoms with Gasteiger partial charge in [0.25, 0.3) is 0 Å². The number of ketones is 1. The van der Waals surface area contributed by atoms with Crippen LogP contribution < -0.4 is 0 Å². The highest BCUT2D eigenvalue weighted by atomic mass is 79.9. The lowest BCUT2D eigenvalue weighted by Crippen LogP contribution is -2.01. The summed E-state index contributed by atoms with van der Waals surface area (Å²) in [6, 6.07) is 17.0. The molecule has 0 N–H and O–H groups in total. The lowest BCUT2D eigenvalue weighted by molar-refractivity contribution is 0.103. The van der Waals surface area contributed by atoms with Crippen molar-refractivity contribution in [1.29, 1.82) is 0 Å². The summed E-state index contributed by atoms with van der Waals surface area (Å²) < 4.78 is 0. The molecular weight excluding hydrogens is 448 g/mol. The Morgan fingerprint density at radius 2 is 1.40 bits per heavy atom. The number of alkyl halides is 3. The van der Waals surface area contributed by atoms with Crippen LogP contribution in [0.1, 0.15) is 21.5 Å². The molecule has 0 unspecified atom stereocenters. The van der Waals surface area contributed by atoms with Crippen molar-refractivity contribution in [3.8, 4) is 0 Å². The molecule has 0 aliphatic heterocycles. The van der Waals surface area contributed by atoms with Gasteiger partial charge in [0.1, 0.15) is 0 Å². The Labute approximate surface area is 145 Å². The Bertz CT molecular complexity index is 524. The summed E-state index contributed by atoms with van der Waals surface area (Å²) in [5.41, 5.74) is 2.58. The van der Waals surface area contributed by atoms with Crippen molar-refractivity contribution >= 4 is 53.6 Å². The van der Waals surface area contributed by atoms with Crippen LogP contribution in [0.5, 0.6) is 0 Å². The van der Waals surface area contributed by atoms with Crippen molar-refractivity contribution in [3.63, 3.8) is 0 Å². The maximum absolute atomic E-state index is 12.1. The molecule has 0 spiro atoms. The molecule has 0 saturated heterocycles. The summed E-state index contributed by atoms with van der Waals surface area (Å²) in [6.07, 6.45) is 0. The maximum Gasteiger partial charge on any atom is 0.193 e. The zero-order valence-corrected chi connectivity index (χ0v) is 15.6. The first-order chi connectivity index (χ1) is 9.72. The second-order valence-corrected chi connectivity index (χ2v) is 6.05. The van der Waals surface area contributed by atoms with E-state index in [9.17, 15) is 4.79 Å². The molecule has 0 atom stereocenters. The van der Waals surface area contributed by atoms with Crippen molar-refractivity contribution in [2.75, 3.05) is 10.7 Å². The highest BCUT2D eigenvalue weighted by molar-refractivity contribution is 9.12.